The van der Waals surface area contributed by atoms with Crippen LogP contribution in [0.5, 0.6) is 0 Å². The molecule has 0 heterocycles. The van der Waals surface area contributed by atoms with Crippen LogP contribution in [-0.4, -0.2) is 5.11 Å². The van der Waals surface area contributed by atoms with Crippen LogP contribution in [0.4, 0.5) is 5.69 Å². The average molecular weight is 345 g/mol. The second-order valence-electron chi connectivity index (χ2n) is 8.41. The van der Waals surface area contributed by atoms with E-state index in [1.54, 1.807) is 0 Å². The number of aliphatic hydroxyl groups is 1. The Balaban J connectivity index is 1.84. The summed E-state index contributed by atoms with van der Waals surface area (Å²) in [6.07, 6.45) is 12.5. The van der Waals surface area contributed by atoms with Crippen LogP contribution in [0.25, 0.3) is 0 Å². The van der Waals surface area contributed by atoms with Crippen LogP contribution < -0.4 is 5.32 Å². The number of hydrogen-bond donors (Lipinski definition) is 2. The molecule has 2 N–H and O–H groups in total. The van der Waals surface area contributed by atoms with Gasteiger partial charge in [-0.15, -0.1) is 0 Å². The summed E-state index contributed by atoms with van der Waals surface area (Å²) in [5, 5.41) is 14.4. The fourth-order valence-corrected chi connectivity index (χ4v) is 5.01. The van der Waals surface area contributed by atoms with E-state index in [0.29, 0.717) is 5.76 Å². The zero-order chi connectivity index (χ0) is 18.5. The molecule has 0 bridgehead atoms. The molecule has 0 saturated carbocycles. The fraction of sp³-hybridized carbons (Fsp3) is 0.333. The van der Waals surface area contributed by atoms with E-state index in [1.165, 1.54) is 22.3 Å². The Morgan fingerprint density at radius 2 is 1.73 bits per heavy atom. The Kier molecular flexibility index (Phi) is 3.76. The Morgan fingerprint density at radius 3 is 2.46 bits per heavy atom. The van der Waals surface area contributed by atoms with Gasteiger partial charge in [0.05, 0.1) is 5.41 Å². The molecule has 1 aromatic carbocycles. The SMILES string of the molecule is CC1=C2C(Nc3ccc(C)cc3)=CC=C(O)C2(C)CC2(C)CC=CC=C12. The van der Waals surface area contributed by atoms with Crippen LogP contribution in [0, 0.1) is 17.8 Å². The Morgan fingerprint density at radius 1 is 1.00 bits per heavy atom. The molecule has 3 aliphatic carbocycles. The molecule has 2 heteroatoms. The number of fused-ring (bicyclic) bond motifs is 2. The number of allylic oxidation sites excluding steroid dienone is 9. The van der Waals surface area contributed by atoms with Crippen molar-refractivity contribution in [1.29, 1.82) is 0 Å². The Hall–Kier alpha value is -2.48. The highest BCUT2D eigenvalue weighted by Crippen LogP contribution is 2.59. The van der Waals surface area contributed by atoms with Gasteiger partial charge in [-0.25, -0.2) is 0 Å². The maximum Gasteiger partial charge on any atom is 0.103 e. The summed E-state index contributed by atoms with van der Waals surface area (Å²) < 4.78 is 0. The van der Waals surface area contributed by atoms with Gasteiger partial charge in [0, 0.05) is 11.4 Å². The molecule has 1 aromatic rings. The molecule has 0 aliphatic heterocycles. The minimum Gasteiger partial charge on any atom is -0.511 e. The van der Waals surface area contributed by atoms with Crippen molar-refractivity contribution in [2.45, 2.75) is 40.5 Å². The highest BCUT2D eigenvalue weighted by Gasteiger charge is 2.49. The van der Waals surface area contributed by atoms with Crippen molar-refractivity contribution in [3.8, 4) is 0 Å². The second-order valence-corrected chi connectivity index (χ2v) is 8.41. The van der Waals surface area contributed by atoms with Crippen LogP contribution in [0.15, 0.2) is 82.8 Å². The fourth-order valence-electron chi connectivity index (χ4n) is 5.01. The molecule has 2 nitrogen and oxygen atoms in total. The van der Waals surface area contributed by atoms with Gasteiger partial charge >= 0.3 is 0 Å². The highest BCUT2D eigenvalue weighted by molar-refractivity contribution is 5.64. The van der Waals surface area contributed by atoms with E-state index in [-0.39, 0.29) is 10.8 Å². The second kappa shape index (κ2) is 5.77. The lowest BCUT2D eigenvalue weighted by molar-refractivity contribution is 0.182. The largest absolute Gasteiger partial charge is 0.511 e. The molecule has 0 radical (unpaired) electrons. The van der Waals surface area contributed by atoms with E-state index in [9.17, 15) is 5.11 Å². The van der Waals surface area contributed by atoms with Crippen LogP contribution in [0.2, 0.25) is 0 Å². The van der Waals surface area contributed by atoms with Gasteiger partial charge in [0.25, 0.3) is 0 Å². The summed E-state index contributed by atoms with van der Waals surface area (Å²) in [6.45, 7) is 8.81. The molecule has 2 unspecified atom stereocenters. The molecule has 0 saturated heterocycles. The number of aryl methyl sites for hydroxylation is 1. The smallest absolute Gasteiger partial charge is 0.103 e. The summed E-state index contributed by atoms with van der Waals surface area (Å²) in [7, 11) is 0. The highest BCUT2D eigenvalue weighted by atomic mass is 16.3. The lowest BCUT2D eigenvalue weighted by atomic mass is 9.55. The number of anilines is 1. The van der Waals surface area contributed by atoms with Gasteiger partial charge in [0.15, 0.2) is 0 Å². The number of benzene rings is 1. The minimum atomic E-state index is -0.358. The third kappa shape index (κ3) is 2.47. The van der Waals surface area contributed by atoms with Crippen molar-refractivity contribution in [3.63, 3.8) is 0 Å². The van der Waals surface area contributed by atoms with Gasteiger partial charge in [0.2, 0.25) is 0 Å². The first kappa shape index (κ1) is 17.0. The first-order chi connectivity index (χ1) is 12.3. The number of aliphatic hydroxyl groups excluding tert-OH is 1. The van der Waals surface area contributed by atoms with Crippen molar-refractivity contribution >= 4 is 5.69 Å². The zero-order valence-electron chi connectivity index (χ0n) is 16.1. The monoisotopic (exact) mass is 345 g/mol. The van der Waals surface area contributed by atoms with E-state index in [0.717, 1.165) is 24.2 Å². The molecule has 26 heavy (non-hydrogen) atoms. The van der Waals surface area contributed by atoms with Crippen molar-refractivity contribution in [1.82, 2.24) is 0 Å². The first-order valence-electron chi connectivity index (χ1n) is 9.38. The normalized spacial score (nSPS) is 30.1. The maximum absolute atomic E-state index is 10.8. The third-order valence-corrected chi connectivity index (χ3v) is 6.27. The quantitative estimate of drug-likeness (QED) is 0.653. The molecule has 0 fully saturated rings. The number of hydrogen-bond acceptors (Lipinski definition) is 2. The van der Waals surface area contributed by atoms with Crippen LogP contribution >= 0.6 is 0 Å². The summed E-state index contributed by atoms with van der Waals surface area (Å²) in [5.74, 6) is 0.469. The molecule has 0 aromatic heterocycles. The zero-order valence-corrected chi connectivity index (χ0v) is 16.1. The van der Waals surface area contributed by atoms with Crippen molar-refractivity contribution in [3.05, 3.63) is 88.4 Å². The van der Waals surface area contributed by atoms with Crippen LogP contribution in [-0.2, 0) is 0 Å². The van der Waals surface area contributed by atoms with Gasteiger partial charge in [-0.1, -0.05) is 42.8 Å². The predicted molar refractivity (Wildman–Crippen MR) is 109 cm³/mol. The summed E-state index contributed by atoms with van der Waals surface area (Å²) in [5.41, 5.74) is 7.04. The lowest BCUT2D eigenvalue weighted by Crippen LogP contribution is -2.40. The molecule has 0 spiro atoms. The molecule has 134 valence electrons. The van der Waals surface area contributed by atoms with E-state index in [4.69, 9.17) is 0 Å². The Bertz CT molecular complexity index is 910. The topological polar surface area (TPSA) is 32.3 Å². The number of nitrogens with one attached hydrogen (secondary N) is 1. The predicted octanol–water partition coefficient (Wildman–Crippen LogP) is 6.37. The van der Waals surface area contributed by atoms with Gasteiger partial charge in [-0.2, -0.15) is 0 Å². The molecule has 4 rings (SSSR count). The van der Waals surface area contributed by atoms with Crippen LogP contribution in [0.3, 0.4) is 0 Å². The van der Waals surface area contributed by atoms with Gasteiger partial charge in [-0.05, 0) is 80.0 Å². The van der Waals surface area contributed by atoms with E-state index >= 15 is 0 Å². The molecule has 0 amide bonds. The van der Waals surface area contributed by atoms with Crippen molar-refractivity contribution in [2.24, 2.45) is 10.8 Å². The van der Waals surface area contributed by atoms with Crippen molar-refractivity contribution < 1.29 is 5.11 Å². The summed E-state index contributed by atoms with van der Waals surface area (Å²) in [4.78, 5) is 0. The molecular weight excluding hydrogens is 318 g/mol. The summed E-state index contributed by atoms with van der Waals surface area (Å²) in [6, 6.07) is 8.45. The van der Waals surface area contributed by atoms with Gasteiger partial charge < -0.3 is 10.4 Å². The maximum atomic E-state index is 10.8. The minimum absolute atomic E-state index is 0.0746. The van der Waals surface area contributed by atoms with Gasteiger partial charge in [-0.3, -0.25) is 0 Å². The van der Waals surface area contributed by atoms with Crippen LogP contribution in [0.1, 0.15) is 39.2 Å². The number of rotatable bonds is 2. The standard InChI is InChI=1S/C24H27NO/c1-16-8-10-18(11-9-16)25-20-12-13-21(26)24(4)15-23(3)14-6-5-7-19(23)17(2)22(20)24/h5-13,25-26H,14-15H2,1-4H3. The Labute approximate surface area is 156 Å². The molecule has 2 atom stereocenters. The average Bonchev–Trinajstić information content (AvgIpc) is 2.59. The first-order valence-corrected chi connectivity index (χ1v) is 9.38. The van der Waals surface area contributed by atoms with Gasteiger partial charge in [0.1, 0.15) is 5.76 Å². The third-order valence-electron chi connectivity index (χ3n) is 6.27. The van der Waals surface area contributed by atoms with E-state index in [2.05, 4.69) is 75.5 Å². The van der Waals surface area contributed by atoms with E-state index in [1.807, 2.05) is 12.2 Å². The lowest BCUT2D eigenvalue weighted by Gasteiger charge is -2.50. The molecular formula is C24H27NO. The molecule has 3 aliphatic rings. The van der Waals surface area contributed by atoms with E-state index < -0.39 is 0 Å². The van der Waals surface area contributed by atoms with Crippen molar-refractivity contribution in [2.75, 3.05) is 5.32 Å². The summed E-state index contributed by atoms with van der Waals surface area (Å²) >= 11 is 0.